The molecular weight excluding hydrogens is 344 g/mol. The van der Waals surface area contributed by atoms with Gasteiger partial charge in [0.15, 0.2) is 0 Å². The molecule has 1 saturated carbocycles. The number of nitrogens with zero attached hydrogens (tertiary/aromatic N) is 4. The van der Waals surface area contributed by atoms with Gasteiger partial charge < -0.3 is 15.5 Å². The summed E-state index contributed by atoms with van der Waals surface area (Å²) in [5.41, 5.74) is 2.80. The fraction of sp³-hybridized carbons (Fsp3) is 0.474. The van der Waals surface area contributed by atoms with Crippen molar-refractivity contribution in [2.75, 3.05) is 6.54 Å². The average molecular weight is 368 g/mol. The van der Waals surface area contributed by atoms with Crippen LogP contribution in [0.2, 0.25) is 0 Å². The van der Waals surface area contributed by atoms with Crippen molar-refractivity contribution < 1.29 is 9.59 Å². The third kappa shape index (κ3) is 4.45. The van der Waals surface area contributed by atoms with Crippen molar-refractivity contribution in [1.82, 2.24) is 30.5 Å². The van der Waals surface area contributed by atoms with E-state index in [0.717, 1.165) is 29.8 Å². The molecular formula is C19H24N6O2. The zero-order valence-electron chi connectivity index (χ0n) is 15.2. The molecule has 1 aromatic carbocycles. The van der Waals surface area contributed by atoms with Crippen molar-refractivity contribution in [1.29, 1.82) is 0 Å². The molecule has 0 spiro atoms. The molecule has 8 nitrogen and oxygen atoms in total. The van der Waals surface area contributed by atoms with Gasteiger partial charge in [-0.15, -0.1) is 5.10 Å². The van der Waals surface area contributed by atoms with Crippen molar-refractivity contribution in [3.63, 3.8) is 0 Å². The van der Waals surface area contributed by atoms with Gasteiger partial charge in [0.1, 0.15) is 0 Å². The summed E-state index contributed by atoms with van der Waals surface area (Å²) in [6.45, 7) is 2.18. The van der Waals surface area contributed by atoms with Crippen molar-refractivity contribution >= 4 is 11.9 Å². The summed E-state index contributed by atoms with van der Waals surface area (Å²) >= 11 is 0. The molecule has 1 aliphatic carbocycles. The first-order valence-corrected chi connectivity index (χ1v) is 9.46. The van der Waals surface area contributed by atoms with Crippen LogP contribution in [0.25, 0.3) is 0 Å². The Morgan fingerprint density at radius 3 is 2.74 bits per heavy atom. The van der Waals surface area contributed by atoms with E-state index in [1.54, 1.807) is 4.90 Å². The minimum absolute atomic E-state index is 0.0625. The highest BCUT2D eigenvalue weighted by Crippen LogP contribution is 2.19. The number of hydrogen-bond donors (Lipinski definition) is 2. The number of urea groups is 1. The first kappa shape index (κ1) is 17.5. The van der Waals surface area contributed by atoms with Gasteiger partial charge in [-0.3, -0.25) is 4.79 Å². The van der Waals surface area contributed by atoms with Crippen LogP contribution in [0.4, 0.5) is 4.79 Å². The Bertz CT molecular complexity index is 815. The van der Waals surface area contributed by atoms with Gasteiger partial charge in [0.25, 0.3) is 0 Å². The summed E-state index contributed by atoms with van der Waals surface area (Å²) < 4.78 is 1.84. The Morgan fingerprint density at radius 2 is 1.96 bits per heavy atom. The van der Waals surface area contributed by atoms with Gasteiger partial charge in [-0.25, -0.2) is 9.48 Å². The Kier molecular flexibility index (Phi) is 5.04. The lowest BCUT2D eigenvalue weighted by atomic mass is 10.1. The van der Waals surface area contributed by atoms with Crippen LogP contribution in [0.15, 0.2) is 30.3 Å². The van der Waals surface area contributed by atoms with Crippen LogP contribution in [0.5, 0.6) is 0 Å². The predicted octanol–water partition coefficient (Wildman–Crippen LogP) is 1.21. The maximum Gasteiger partial charge on any atom is 0.318 e. The maximum atomic E-state index is 12.5. The lowest BCUT2D eigenvalue weighted by Crippen LogP contribution is -2.44. The molecule has 1 aromatic heterocycles. The highest BCUT2D eigenvalue weighted by atomic mass is 16.2. The van der Waals surface area contributed by atoms with Crippen LogP contribution in [0.3, 0.4) is 0 Å². The van der Waals surface area contributed by atoms with E-state index in [4.69, 9.17) is 0 Å². The number of rotatable bonds is 6. The second kappa shape index (κ2) is 7.77. The normalized spacial score (nSPS) is 15.9. The molecule has 0 atom stereocenters. The summed E-state index contributed by atoms with van der Waals surface area (Å²) in [5, 5.41) is 14.3. The number of carbonyl (C=O) groups excluding carboxylic acids is 2. The molecule has 8 heteroatoms. The Balaban J connectivity index is 1.32. The quantitative estimate of drug-likeness (QED) is 0.802. The molecule has 2 aromatic rings. The van der Waals surface area contributed by atoms with Crippen LogP contribution >= 0.6 is 0 Å². The number of aryl methyl sites for hydroxylation is 1. The SMILES string of the molecule is O=C(CCc1nnn2c1CN(C(=O)NCc1ccccc1)CC2)NC1CC1. The third-order valence-electron chi connectivity index (χ3n) is 4.95. The van der Waals surface area contributed by atoms with Crippen LogP contribution in [-0.2, 0) is 30.8 Å². The first-order chi connectivity index (χ1) is 13.2. The number of amides is 3. The molecule has 4 rings (SSSR count). The van der Waals surface area contributed by atoms with Gasteiger partial charge in [0.05, 0.1) is 24.5 Å². The topological polar surface area (TPSA) is 92.2 Å². The number of benzene rings is 1. The smallest absolute Gasteiger partial charge is 0.318 e. The van der Waals surface area contributed by atoms with Crippen LogP contribution in [0, 0.1) is 0 Å². The van der Waals surface area contributed by atoms with E-state index >= 15 is 0 Å². The fourth-order valence-electron chi connectivity index (χ4n) is 3.21. The maximum absolute atomic E-state index is 12.5. The second-order valence-electron chi connectivity index (χ2n) is 7.11. The fourth-order valence-corrected chi connectivity index (χ4v) is 3.21. The standard InChI is InChI=1S/C19H24N6O2/c26-18(21-15-6-7-15)9-8-16-17-13-24(10-11-25(17)23-22-16)19(27)20-12-14-4-2-1-3-5-14/h1-5,15H,6-13H2,(H,20,27)(H,21,26). The zero-order valence-corrected chi connectivity index (χ0v) is 15.2. The molecule has 2 aliphatic rings. The highest BCUT2D eigenvalue weighted by Gasteiger charge is 2.26. The summed E-state index contributed by atoms with van der Waals surface area (Å²) in [4.78, 5) is 26.2. The number of carbonyl (C=O) groups is 2. The number of fused-ring (bicyclic) bond motifs is 1. The lowest BCUT2D eigenvalue weighted by molar-refractivity contribution is -0.121. The Labute approximate surface area is 157 Å². The van der Waals surface area contributed by atoms with Crippen LogP contribution < -0.4 is 10.6 Å². The van der Waals surface area contributed by atoms with Crippen molar-refractivity contribution in [3.05, 3.63) is 47.3 Å². The predicted molar refractivity (Wildman–Crippen MR) is 98.6 cm³/mol. The molecule has 3 amide bonds. The second-order valence-corrected chi connectivity index (χ2v) is 7.11. The van der Waals surface area contributed by atoms with Gasteiger partial charge in [-0.1, -0.05) is 35.5 Å². The van der Waals surface area contributed by atoms with Crippen LogP contribution in [-0.4, -0.2) is 44.4 Å². The molecule has 0 radical (unpaired) electrons. The van der Waals surface area contributed by atoms with Crippen molar-refractivity contribution in [2.24, 2.45) is 0 Å². The van der Waals surface area contributed by atoms with E-state index in [0.29, 0.717) is 45.1 Å². The molecule has 1 aliphatic heterocycles. The van der Waals surface area contributed by atoms with Gasteiger partial charge in [0.2, 0.25) is 5.91 Å². The van der Waals surface area contributed by atoms with E-state index in [2.05, 4.69) is 20.9 Å². The average Bonchev–Trinajstić information content (AvgIpc) is 3.42. The largest absolute Gasteiger partial charge is 0.353 e. The van der Waals surface area contributed by atoms with E-state index in [1.165, 1.54) is 0 Å². The number of aromatic nitrogens is 3. The van der Waals surface area contributed by atoms with Crippen molar-refractivity contribution in [2.45, 2.75) is 51.4 Å². The Morgan fingerprint density at radius 1 is 1.15 bits per heavy atom. The van der Waals surface area contributed by atoms with Gasteiger partial charge in [0, 0.05) is 32.0 Å². The molecule has 0 bridgehead atoms. The molecule has 1 fully saturated rings. The molecule has 0 saturated heterocycles. The summed E-state index contributed by atoms with van der Waals surface area (Å²) in [6.07, 6.45) is 3.12. The number of nitrogens with one attached hydrogen (secondary N) is 2. The van der Waals surface area contributed by atoms with Gasteiger partial charge in [-0.05, 0) is 18.4 Å². The summed E-state index contributed by atoms with van der Waals surface area (Å²) in [5.74, 6) is 0.0625. The highest BCUT2D eigenvalue weighted by molar-refractivity contribution is 5.77. The van der Waals surface area contributed by atoms with Gasteiger partial charge in [-0.2, -0.15) is 0 Å². The minimum Gasteiger partial charge on any atom is -0.353 e. The van der Waals surface area contributed by atoms with E-state index < -0.39 is 0 Å². The molecule has 142 valence electrons. The van der Waals surface area contributed by atoms with Crippen molar-refractivity contribution in [3.8, 4) is 0 Å². The molecule has 0 unspecified atom stereocenters. The number of hydrogen-bond acceptors (Lipinski definition) is 4. The summed E-state index contributed by atoms with van der Waals surface area (Å²) in [7, 11) is 0. The zero-order chi connectivity index (χ0) is 18.6. The third-order valence-corrected chi connectivity index (χ3v) is 4.95. The first-order valence-electron chi connectivity index (χ1n) is 9.46. The van der Waals surface area contributed by atoms with E-state index in [9.17, 15) is 9.59 Å². The monoisotopic (exact) mass is 368 g/mol. The molecule has 27 heavy (non-hydrogen) atoms. The van der Waals surface area contributed by atoms with E-state index in [1.807, 2.05) is 35.0 Å². The lowest BCUT2D eigenvalue weighted by Gasteiger charge is -2.28. The summed E-state index contributed by atoms with van der Waals surface area (Å²) in [6, 6.07) is 10.1. The van der Waals surface area contributed by atoms with E-state index in [-0.39, 0.29) is 11.9 Å². The van der Waals surface area contributed by atoms with Crippen LogP contribution in [0.1, 0.15) is 36.2 Å². The van der Waals surface area contributed by atoms with Gasteiger partial charge >= 0.3 is 6.03 Å². The molecule has 2 heterocycles. The molecule has 2 N–H and O–H groups in total. The Hall–Kier alpha value is -2.90. The minimum atomic E-state index is -0.0938.